The van der Waals surface area contributed by atoms with Gasteiger partial charge in [-0.15, -0.1) is 0 Å². The van der Waals surface area contributed by atoms with Gasteiger partial charge in [0.15, 0.2) is 0 Å². The number of piperazine rings is 1. The van der Waals surface area contributed by atoms with Crippen LogP contribution < -0.4 is 5.73 Å². The van der Waals surface area contributed by atoms with Gasteiger partial charge < -0.3 is 10.6 Å². The highest BCUT2D eigenvalue weighted by atomic mass is 16.1. The fraction of sp³-hybridized carbons (Fsp3) is 0.917. The first kappa shape index (κ1) is 14.4. The van der Waals surface area contributed by atoms with Crippen molar-refractivity contribution in [1.29, 1.82) is 0 Å². The summed E-state index contributed by atoms with van der Waals surface area (Å²) in [6.07, 6.45) is 0.947. The van der Waals surface area contributed by atoms with Gasteiger partial charge in [-0.3, -0.25) is 14.6 Å². The first-order valence-corrected chi connectivity index (χ1v) is 6.60. The van der Waals surface area contributed by atoms with E-state index in [-0.39, 0.29) is 0 Å². The molecule has 0 aliphatic carbocycles. The van der Waals surface area contributed by atoms with Gasteiger partial charge >= 0.3 is 0 Å². The number of carbonyl (C=O) groups is 1. The van der Waals surface area contributed by atoms with E-state index in [2.05, 4.69) is 23.6 Å². The average Bonchev–Trinajstić information content (AvgIpc) is 2.39. The van der Waals surface area contributed by atoms with Crippen molar-refractivity contribution in [1.82, 2.24) is 14.7 Å². The third-order valence-electron chi connectivity index (χ3n) is 3.63. The van der Waals surface area contributed by atoms with Crippen molar-refractivity contribution < 1.29 is 4.79 Å². The van der Waals surface area contributed by atoms with E-state index < -0.39 is 0 Å². The third kappa shape index (κ3) is 4.26. The highest BCUT2D eigenvalue weighted by molar-refractivity contribution is 5.47. The summed E-state index contributed by atoms with van der Waals surface area (Å²) in [5.41, 5.74) is 5.86. The molecule has 5 heteroatoms. The zero-order valence-corrected chi connectivity index (χ0v) is 11.1. The van der Waals surface area contributed by atoms with E-state index in [9.17, 15) is 4.79 Å². The van der Waals surface area contributed by atoms with Crippen molar-refractivity contribution in [3.8, 4) is 0 Å². The predicted molar refractivity (Wildman–Crippen MR) is 69.8 cm³/mol. The zero-order valence-electron chi connectivity index (χ0n) is 11.1. The highest BCUT2D eigenvalue weighted by Gasteiger charge is 2.21. The summed E-state index contributed by atoms with van der Waals surface area (Å²) in [5.74, 6) is 0. The Balaban J connectivity index is 2.38. The van der Waals surface area contributed by atoms with Gasteiger partial charge in [0, 0.05) is 45.3 Å². The molecular weight excluding hydrogens is 216 g/mol. The lowest BCUT2D eigenvalue weighted by Gasteiger charge is -2.37. The molecule has 0 aromatic heterocycles. The molecule has 17 heavy (non-hydrogen) atoms. The molecule has 100 valence electrons. The van der Waals surface area contributed by atoms with E-state index in [0.717, 1.165) is 52.2 Å². The van der Waals surface area contributed by atoms with Gasteiger partial charge in [0.2, 0.25) is 6.41 Å². The molecule has 1 unspecified atom stereocenters. The minimum atomic E-state index is 0.438. The number of nitrogens with zero attached hydrogens (tertiary/aromatic N) is 3. The molecule has 0 aromatic rings. The fourth-order valence-corrected chi connectivity index (χ4v) is 2.43. The first-order chi connectivity index (χ1) is 8.24. The second-order valence-electron chi connectivity index (χ2n) is 4.55. The van der Waals surface area contributed by atoms with Gasteiger partial charge in [-0.2, -0.15) is 0 Å². The molecule has 1 saturated heterocycles. The van der Waals surface area contributed by atoms with Crippen LogP contribution in [0.1, 0.15) is 13.8 Å². The van der Waals surface area contributed by atoms with E-state index in [0.29, 0.717) is 12.6 Å². The molecule has 5 nitrogen and oxygen atoms in total. The molecule has 1 heterocycles. The molecule has 1 amide bonds. The maximum absolute atomic E-state index is 10.6. The summed E-state index contributed by atoms with van der Waals surface area (Å²) < 4.78 is 0. The Bertz CT molecular complexity index is 213. The molecule has 2 N–H and O–H groups in total. The summed E-state index contributed by atoms with van der Waals surface area (Å²) in [5, 5.41) is 0. The van der Waals surface area contributed by atoms with Gasteiger partial charge in [0.25, 0.3) is 0 Å². The second kappa shape index (κ2) is 7.63. The first-order valence-electron chi connectivity index (χ1n) is 6.60. The largest absolute Gasteiger partial charge is 0.343 e. The Morgan fingerprint density at radius 3 is 2.24 bits per heavy atom. The highest BCUT2D eigenvalue weighted by Crippen LogP contribution is 2.05. The van der Waals surface area contributed by atoms with Crippen LogP contribution in [-0.4, -0.2) is 79.5 Å². The lowest BCUT2D eigenvalue weighted by Crippen LogP contribution is -2.53. The van der Waals surface area contributed by atoms with Crippen LogP contribution >= 0.6 is 0 Å². The molecule has 0 spiro atoms. The Morgan fingerprint density at radius 2 is 1.82 bits per heavy atom. The van der Waals surface area contributed by atoms with Gasteiger partial charge in [0.05, 0.1) is 0 Å². The maximum atomic E-state index is 10.6. The van der Waals surface area contributed by atoms with Crippen LogP contribution in [0.3, 0.4) is 0 Å². The smallest absolute Gasteiger partial charge is 0.209 e. The Morgan fingerprint density at radius 1 is 1.24 bits per heavy atom. The van der Waals surface area contributed by atoms with Crippen molar-refractivity contribution >= 4 is 6.41 Å². The number of likely N-dealkylation sites (N-methyl/N-ethyl adjacent to an activating group) is 1. The van der Waals surface area contributed by atoms with Crippen LogP contribution in [-0.2, 0) is 4.79 Å². The van der Waals surface area contributed by atoms with Crippen LogP contribution in [0.25, 0.3) is 0 Å². The van der Waals surface area contributed by atoms with E-state index in [1.165, 1.54) is 0 Å². The normalized spacial score (nSPS) is 19.6. The molecule has 0 saturated carbocycles. The Kier molecular flexibility index (Phi) is 6.47. The minimum absolute atomic E-state index is 0.438. The van der Waals surface area contributed by atoms with E-state index >= 15 is 0 Å². The summed E-state index contributed by atoms with van der Waals surface area (Å²) in [6, 6.07) is 0.438. The summed E-state index contributed by atoms with van der Waals surface area (Å²) in [7, 11) is 0. The molecular formula is C12H26N4O. The topological polar surface area (TPSA) is 52.8 Å². The monoisotopic (exact) mass is 242 g/mol. The van der Waals surface area contributed by atoms with Crippen molar-refractivity contribution in [2.45, 2.75) is 19.9 Å². The average molecular weight is 242 g/mol. The van der Waals surface area contributed by atoms with E-state index in [1.807, 2.05) is 4.90 Å². The molecule has 0 aromatic carbocycles. The van der Waals surface area contributed by atoms with Crippen molar-refractivity contribution in [2.24, 2.45) is 5.73 Å². The number of amides is 1. The Labute approximate surface area is 105 Å². The lowest BCUT2D eigenvalue weighted by atomic mass is 10.2. The number of hydrogen-bond acceptors (Lipinski definition) is 4. The Hall–Kier alpha value is -0.650. The number of rotatable bonds is 7. The summed E-state index contributed by atoms with van der Waals surface area (Å²) in [6.45, 7) is 11.8. The molecule has 1 fully saturated rings. The van der Waals surface area contributed by atoms with Gasteiger partial charge in [0.1, 0.15) is 0 Å². The number of nitrogens with two attached hydrogens (primary N) is 1. The van der Waals surface area contributed by atoms with Crippen LogP contribution in [0.2, 0.25) is 0 Å². The molecule has 1 atom stereocenters. The summed E-state index contributed by atoms with van der Waals surface area (Å²) in [4.78, 5) is 17.3. The minimum Gasteiger partial charge on any atom is -0.343 e. The van der Waals surface area contributed by atoms with Crippen LogP contribution in [0.5, 0.6) is 0 Å². The van der Waals surface area contributed by atoms with Crippen molar-refractivity contribution in [3.05, 3.63) is 0 Å². The van der Waals surface area contributed by atoms with Gasteiger partial charge in [-0.05, 0) is 13.1 Å². The molecule has 1 aliphatic heterocycles. The van der Waals surface area contributed by atoms with E-state index in [1.54, 1.807) is 0 Å². The number of hydrogen-bond donors (Lipinski definition) is 1. The quantitative estimate of drug-likeness (QED) is 0.608. The van der Waals surface area contributed by atoms with Crippen LogP contribution in [0.15, 0.2) is 0 Å². The lowest BCUT2D eigenvalue weighted by molar-refractivity contribution is -0.119. The molecule has 1 aliphatic rings. The van der Waals surface area contributed by atoms with Gasteiger partial charge in [-0.25, -0.2) is 0 Å². The molecule has 0 bridgehead atoms. The van der Waals surface area contributed by atoms with Crippen LogP contribution in [0.4, 0.5) is 0 Å². The third-order valence-corrected chi connectivity index (χ3v) is 3.63. The van der Waals surface area contributed by atoms with E-state index in [4.69, 9.17) is 5.73 Å². The van der Waals surface area contributed by atoms with Crippen molar-refractivity contribution in [3.63, 3.8) is 0 Å². The standard InChI is InChI=1S/C12H26N4O/c1-3-16(4-2)12(9-13)10-14-5-7-15(11-17)8-6-14/h11-12H,3-10,13H2,1-2H3. The fourth-order valence-electron chi connectivity index (χ4n) is 2.43. The van der Waals surface area contributed by atoms with Crippen LogP contribution in [0, 0.1) is 0 Å². The number of carbonyl (C=O) groups excluding carboxylic acids is 1. The maximum Gasteiger partial charge on any atom is 0.209 e. The van der Waals surface area contributed by atoms with Crippen molar-refractivity contribution in [2.75, 3.05) is 52.4 Å². The SMILES string of the molecule is CCN(CC)C(CN)CN1CCN(C=O)CC1. The second-order valence-corrected chi connectivity index (χ2v) is 4.55. The molecule has 1 rings (SSSR count). The summed E-state index contributed by atoms with van der Waals surface area (Å²) >= 11 is 0. The zero-order chi connectivity index (χ0) is 12.7. The van der Waals surface area contributed by atoms with Gasteiger partial charge in [-0.1, -0.05) is 13.8 Å². The predicted octanol–water partition coefficient (Wildman–Crippen LogP) is -0.570. The molecule has 0 radical (unpaired) electrons.